The molecule has 0 aliphatic heterocycles. The standard InChI is InChI=1S/C31H42N6O3Si/c1-31(2,3)41(4,5)40-21-26(37-20-27(29(32)38)34-22-37)15-18-36-17-14-24-11-12-25(19-28(24)36)35-30(39)33-16-13-23-9-7-6-8-10-23/h6-12,14,17,19-20,22,26H,13,15-16,18,21H2,1-5H3,(H2,32,38)(H2,33,35,39)/t26-/m1/s1. The van der Waals surface area contributed by atoms with Gasteiger partial charge in [-0.3, -0.25) is 4.79 Å². The molecule has 0 aliphatic carbocycles. The Balaban J connectivity index is 1.43. The SMILES string of the molecule is CC(C)(C)[Si](C)(C)OC[C@@H](CCn1ccc2ccc(NC(=O)NCCc3ccccc3)cc21)n1cnc(C(N)=O)c1. The molecule has 10 heteroatoms. The highest BCUT2D eigenvalue weighted by atomic mass is 28.4. The van der Waals surface area contributed by atoms with Gasteiger partial charge in [-0.05, 0) is 60.1 Å². The minimum absolute atomic E-state index is 0.0288. The molecule has 0 bridgehead atoms. The number of nitrogens with two attached hydrogens (primary N) is 1. The van der Waals surface area contributed by atoms with Crippen LogP contribution in [0.4, 0.5) is 10.5 Å². The second-order valence-electron chi connectivity index (χ2n) is 12.0. The number of anilines is 1. The molecule has 4 aromatic rings. The first-order valence-corrected chi connectivity index (χ1v) is 17.0. The van der Waals surface area contributed by atoms with Gasteiger partial charge in [-0.1, -0.05) is 57.2 Å². The summed E-state index contributed by atoms with van der Waals surface area (Å²) in [7, 11) is -1.99. The zero-order valence-corrected chi connectivity index (χ0v) is 25.7. The van der Waals surface area contributed by atoms with Gasteiger partial charge in [-0.2, -0.15) is 0 Å². The molecule has 0 unspecified atom stereocenters. The molecule has 218 valence electrons. The Kier molecular flexibility index (Phi) is 9.34. The van der Waals surface area contributed by atoms with Crippen LogP contribution in [0.1, 0.15) is 49.3 Å². The van der Waals surface area contributed by atoms with Crippen molar-refractivity contribution >= 4 is 36.8 Å². The number of urea groups is 1. The van der Waals surface area contributed by atoms with Crippen molar-refractivity contribution < 1.29 is 14.0 Å². The fraction of sp³-hybridized carbons (Fsp3) is 0.387. The number of hydrogen-bond donors (Lipinski definition) is 3. The smallest absolute Gasteiger partial charge is 0.319 e. The molecule has 2 heterocycles. The number of benzene rings is 2. The normalized spacial score (nSPS) is 12.8. The molecule has 3 amide bonds. The monoisotopic (exact) mass is 574 g/mol. The van der Waals surface area contributed by atoms with Gasteiger partial charge in [0.2, 0.25) is 0 Å². The number of nitrogens with zero attached hydrogens (tertiary/aromatic N) is 3. The van der Waals surface area contributed by atoms with Crippen molar-refractivity contribution in [1.29, 1.82) is 0 Å². The quantitative estimate of drug-likeness (QED) is 0.181. The fourth-order valence-electron chi connectivity index (χ4n) is 4.39. The van der Waals surface area contributed by atoms with Gasteiger partial charge in [-0.15, -0.1) is 0 Å². The van der Waals surface area contributed by atoms with Gasteiger partial charge in [0.05, 0.1) is 24.5 Å². The minimum Gasteiger partial charge on any atom is -0.415 e. The Morgan fingerprint density at radius 2 is 1.85 bits per heavy atom. The van der Waals surface area contributed by atoms with E-state index in [9.17, 15) is 9.59 Å². The summed E-state index contributed by atoms with van der Waals surface area (Å²) in [5.74, 6) is -0.548. The van der Waals surface area contributed by atoms with E-state index >= 15 is 0 Å². The van der Waals surface area contributed by atoms with Crippen molar-refractivity contribution in [2.45, 2.75) is 64.3 Å². The second kappa shape index (κ2) is 12.7. The van der Waals surface area contributed by atoms with Crippen LogP contribution >= 0.6 is 0 Å². The molecule has 0 spiro atoms. The van der Waals surface area contributed by atoms with Gasteiger partial charge in [0, 0.05) is 31.2 Å². The predicted octanol–water partition coefficient (Wildman–Crippen LogP) is 5.95. The average Bonchev–Trinajstić information content (AvgIpc) is 3.56. The van der Waals surface area contributed by atoms with Crippen LogP contribution in [-0.2, 0) is 17.4 Å². The van der Waals surface area contributed by atoms with Gasteiger partial charge >= 0.3 is 6.03 Å². The van der Waals surface area contributed by atoms with E-state index in [1.165, 1.54) is 5.56 Å². The van der Waals surface area contributed by atoms with E-state index in [-0.39, 0.29) is 22.8 Å². The summed E-state index contributed by atoms with van der Waals surface area (Å²) in [4.78, 5) is 28.4. The molecule has 2 aromatic carbocycles. The van der Waals surface area contributed by atoms with Crippen LogP contribution in [-0.4, -0.2) is 47.5 Å². The summed E-state index contributed by atoms with van der Waals surface area (Å²) >= 11 is 0. The van der Waals surface area contributed by atoms with E-state index < -0.39 is 14.2 Å². The van der Waals surface area contributed by atoms with Gasteiger partial charge in [0.25, 0.3) is 5.91 Å². The minimum atomic E-state index is -1.99. The Morgan fingerprint density at radius 3 is 2.54 bits per heavy atom. The summed E-state index contributed by atoms with van der Waals surface area (Å²) in [5, 5.41) is 7.06. The Morgan fingerprint density at radius 1 is 1.10 bits per heavy atom. The van der Waals surface area contributed by atoms with Gasteiger partial charge in [-0.25, -0.2) is 9.78 Å². The first-order chi connectivity index (χ1) is 19.4. The van der Waals surface area contributed by atoms with Crippen molar-refractivity contribution in [2.75, 3.05) is 18.5 Å². The van der Waals surface area contributed by atoms with Crippen LogP contribution in [0.5, 0.6) is 0 Å². The first kappa shape index (κ1) is 30.1. The third kappa shape index (κ3) is 7.86. The molecule has 0 fully saturated rings. The molecular formula is C31H42N6O3Si. The van der Waals surface area contributed by atoms with Crippen LogP contribution in [0, 0.1) is 0 Å². The number of primary amides is 1. The maximum Gasteiger partial charge on any atom is 0.319 e. The van der Waals surface area contributed by atoms with Crippen LogP contribution < -0.4 is 16.4 Å². The Labute approximate surface area is 243 Å². The molecular weight excluding hydrogens is 532 g/mol. The maximum atomic E-state index is 12.5. The van der Waals surface area contributed by atoms with Gasteiger partial charge < -0.3 is 29.9 Å². The molecule has 0 saturated carbocycles. The molecule has 0 radical (unpaired) electrons. The molecule has 9 nitrogen and oxygen atoms in total. The lowest BCUT2D eigenvalue weighted by Gasteiger charge is -2.37. The number of nitrogens with one attached hydrogen (secondary N) is 2. The molecule has 0 saturated heterocycles. The summed E-state index contributed by atoms with van der Waals surface area (Å²) in [6.07, 6.45) is 6.95. The summed E-state index contributed by atoms with van der Waals surface area (Å²) in [5.41, 5.74) is 8.65. The lowest BCUT2D eigenvalue weighted by Crippen LogP contribution is -2.42. The highest BCUT2D eigenvalue weighted by Crippen LogP contribution is 2.37. The number of amides is 3. The topological polar surface area (TPSA) is 116 Å². The van der Waals surface area contributed by atoms with Gasteiger partial charge in [0.15, 0.2) is 8.32 Å². The number of aromatic nitrogens is 3. The molecule has 4 rings (SSSR count). The second-order valence-corrected chi connectivity index (χ2v) is 16.8. The number of carbonyl (C=O) groups excluding carboxylic acids is 2. The zero-order valence-electron chi connectivity index (χ0n) is 24.7. The zero-order chi connectivity index (χ0) is 29.6. The number of fused-ring (bicyclic) bond motifs is 1. The summed E-state index contributed by atoms with van der Waals surface area (Å²) < 4.78 is 10.7. The number of hydrogen-bond acceptors (Lipinski definition) is 4. The average molecular weight is 575 g/mol. The highest BCUT2D eigenvalue weighted by molar-refractivity contribution is 6.74. The summed E-state index contributed by atoms with van der Waals surface area (Å²) in [6.45, 7) is 12.9. The molecule has 1 atom stereocenters. The number of carbonyl (C=O) groups is 2. The van der Waals surface area contributed by atoms with E-state index in [1.54, 1.807) is 12.5 Å². The highest BCUT2D eigenvalue weighted by Gasteiger charge is 2.37. The summed E-state index contributed by atoms with van der Waals surface area (Å²) in [6, 6.07) is 17.8. The van der Waals surface area contributed by atoms with Crippen molar-refractivity contribution in [3.8, 4) is 0 Å². The number of rotatable bonds is 12. The first-order valence-electron chi connectivity index (χ1n) is 14.1. The van der Waals surface area contributed by atoms with Crippen molar-refractivity contribution in [1.82, 2.24) is 19.4 Å². The third-order valence-corrected chi connectivity index (χ3v) is 12.5. The molecule has 0 aliphatic rings. The lowest BCUT2D eigenvalue weighted by atomic mass is 10.1. The van der Waals surface area contributed by atoms with Gasteiger partial charge in [0.1, 0.15) is 5.69 Å². The largest absolute Gasteiger partial charge is 0.415 e. The van der Waals surface area contributed by atoms with E-state index in [1.807, 2.05) is 41.0 Å². The van der Waals surface area contributed by atoms with Crippen LogP contribution in [0.15, 0.2) is 73.3 Å². The van der Waals surface area contributed by atoms with E-state index in [0.717, 1.165) is 29.4 Å². The predicted molar refractivity (Wildman–Crippen MR) is 167 cm³/mol. The van der Waals surface area contributed by atoms with Crippen molar-refractivity contribution in [3.05, 3.63) is 84.6 Å². The van der Waals surface area contributed by atoms with Crippen LogP contribution in [0.2, 0.25) is 18.1 Å². The molecule has 41 heavy (non-hydrogen) atoms. The number of imidazole rings is 1. The van der Waals surface area contributed by atoms with Crippen LogP contribution in [0.25, 0.3) is 10.9 Å². The number of aryl methyl sites for hydroxylation is 1. The Bertz CT molecular complexity index is 1470. The fourth-order valence-corrected chi connectivity index (χ4v) is 5.43. The van der Waals surface area contributed by atoms with Crippen LogP contribution in [0.3, 0.4) is 0 Å². The molecule has 4 N–H and O–H groups in total. The third-order valence-electron chi connectivity index (χ3n) is 8.00. The lowest BCUT2D eigenvalue weighted by molar-refractivity contribution is 0.0995. The maximum absolute atomic E-state index is 12.5. The van der Waals surface area contributed by atoms with Crippen molar-refractivity contribution in [3.63, 3.8) is 0 Å². The van der Waals surface area contributed by atoms with E-state index in [0.29, 0.717) is 19.7 Å². The van der Waals surface area contributed by atoms with E-state index in [4.69, 9.17) is 10.2 Å². The van der Waals surface area contributed by atoms with Crippen molar-refractivity contribution in [2.24, 2.45) is 5.73 Å². The van der Waals surface area contributed by atoms with E-state index in [2.05, 4.69) is 78.4 Å². The molecule has 2 aromatic heterocycles. The Hall–Kier alpha value is -3.89.